The van der Waals surface area contributed by atoms with Crippen molar-refractivity contribution in [2.75, 3.05) is 5.75 Å². The van der Waals surface area contributed by atoms with E-state index in [1.165, 1.54) is 6.21 Å². The van der Waals surface area contributed by atoms with Crippen molar-refractivity contribution in [2.24, 2.45) is 5.16 Å². The topological polar surface area (TPSA) is 51.0 Å². The van der Waals surface area contributed by atoms with Gasteiger partial charge in [0, 0.05) is 5.75 Å². The van der Waals surface area contributed by atoms with Gasteiger partial charge in [0.1, 0.15) is 0 Å². The van der Waals surface area contributed by atoms with E-state index >= 15 is 0 Å². The highest BCUT2D eigenvalue weighted by Crippen LogP contribution is 2.39. The second-order valence-corrected chi connectivity index (χ2v) is 6.70. The lowest BCUT2D eigenvalue weighted by atomic mass is 9.78. The first-order chi connectivity index (χ1) is 10.3. The molecule has 0 radical (unpaired) electrons. The van der Waals surface area contributed by atoms with Crippen LogP contribution in [0.25, 0.3) is 6.08 Å². The van der Waals surface area contributed by atoms with E-state index in [0.717, 1.165) is 16.6 Å². The van der Waals surface area contributed by atoms with Crippen LogP contribution in [0.3, 0.4) is 0 Å². The van der Waals surface area contributed by atoms with Gasteiger partial charge in [-0.15, -0.1) is 0 Å². The molecule has 0 aliphatic carbocycles. The van der Waals surface area contributed by atoms with E-state index in [0.29, 0.717) is 5.75 Å². The van der Waals surface area contributed by atoms with Gasteiger partial charge in [0.05, 0.1) is 17.4 Å². The third-order valence-corrected chi connectivity index (χ3v) is 4.57. The van der Waals surface area contributed by atoms with Crippen LogP contribution in [0, 0.1) is 0 Å². The van der Waals surface area contributed by atoms with Crippen LogP contribution >= 0.6 is 12.6 Å². The van der Waals surface area contributed by atoms with Gasteiger partial charge in [-0.25, -0.2) is 0 Å². The molecule has 1 aromatic rings. The molecular formula is C16H22BNO3S. The minimum absolute atomic E-state index is 0.370. The Balaban J connectivity index is 2.27. The van der Waals surface area contributed by atoms with Crippen molar-refractivity contribution in [3.63, 3.8) is 0 Å². The predicted octanol–water partition coefficient (Wildman–Crippen LogP) is 3.44. The molecule has 118 valence electrons. The van der Waals surface area contributed by atoms with E-state index in [1.54, 1.807) is 0 Å². The fraction of sp³-hybridized carbons (Fsp3) is 0.438. The lowest BCUT2D eigenvalue weighted by Gasteiger charge is -2.32. The van der Waals surface area contributed by atoms with E-state index in [-0.39, 0.29) is 11.2 Å². The van der Waals surface area contributed by atoms with Crippen molar-refractivity contribution in [3.05, 3.63) is 40.9 Å². The number of benzene rings is 1. The maximum Gasteiger partial charge on any atom is 0.491 e. The summed E-state index contributed by atoms with van der Waals surface area (Å²) in [6, 6.07) is 7.67. The molecule has 22 heavy (non-hydrogen) atoms. The van der Waals surface area contributed by atoms with E-state index in [4.69, 9.17) is 14.5 Å². The fourth-order valence-corrected chi connectivity index (χ4v) is 2.43. The van der Waals surface area contributed by atoms with Gasteiger partial charge >= 0.3 is 7.12 Å². The summed E-state index contributed by atoms with van der Waals surface area (Å²) < 4.78 is 12.1. The van der Waals surface area contributed by atoms with Gasteiger partial charge in [0.15, 0.2) is 0 Å². The molecule has 0 spiro atoms. The van der Waals surface area contributed by atoms with Crippen molar-refractivity contribution in [1.82, 2.24) is 0 Å². The lowest BCUT2D eigenvalue weighted by Crippen LogP contribution is -2.41. The first kappa shape index (κ1) is 17.1. The summed E-state index contributed by atoms with van der Waals surface area (Å²) in [7, 11) is -0.405. The SMILES string of the molecule is CC1(C)OB(C(=Cc2cccc(C=NO)c2)CS)OC1(C)C. The van der Waals surface area contributed by atoms with Crippen LogP contribution in [0.5, 0.6) is 0 Å². The van der Waals surface area contributed by atoms with Crippen LogP contribution in [0.1, 0.15) is 38.8 Å². The number of oxime groups is 1. The van der Waals surface area contributed by atoms with Gasteiger partial charge in [-0.2, -0.15) is 12.6 Å². The molecular weight excluding hydrogens is 297 g/mol. The summed E-state index contributed by atoms with van der Waals surface area (Å²) in [5.74, 6) is 0.537. The first-order valence-electron chi connectivity index (χ1n) is 7.23. The third-order valence-electron chi connectivity index (χ3n) is 4.21. The molecule has 6 heteroatoms. The summed E-state index contributed by atoms with van der Waals surface area (Å²) in [5.41, 5.74) is 2.02. The Morgan fingerprint density at radius 2 is 1.82 bits per heavy atom. The molecule has 1 fully saturated rings. The molecule has 4 nitrogen and oxygen atoms in total. The second-order valence-electron chi connectivity index (χ2n) is 6.38. The normalized spacial score (nSPS) is 20.8. The summed E-state index contributed by atoms with van der Waals surface area (Å²) in [4.78, 5) is 0. The molecule has 0 amide bonds. The summed E-state index contributed by atoms with van der Waals surface area (Å²) in [6.07, 6.45) is 3.40. The van der Waals surface area contributed by atoms with Gasteiger partial charge in [-0.3, -0.25) is 0 Å². The Bertz CT molecular complexity index is 583. The maximum absolute atomic E-state index is 8.63. The summed E-state index contributed by atoms with van der Waals surface area (Å²) in [6.45, 7) is 8.12. The van der Waals surface area contributed by atoms with Crippen molar-refractivity contribution >= 4 is 32.0 Å². The average Bonchev–Trinajstić information content (AvgIpc) is 2.65. The third kappa shape index (κ3) is 3.56. The van der Waals surface area contributed by atoms with Gasteiger partial charge in [-0.05, 0) is 50.4 Å². The van der Waals surface area contributed by atoms with E-state index in [9.17, 15) is 0 Å². The molecule has 0 saturated carbocycles. The Hall–Kier alpha value is -1.24. The van der Waals surface area contributed by atoms with Crippen molar-refractivity contribution in [2.45, 2.75) is 38.9 Å². The van der Waals surface area contributed by atoms with Crippen LogP contribution in [0.4, 0.5) is 0 Å². The molecule has 1 heterocycles. The quantitative estimate of drug-likeness (QED) is 0.294. The zero-order valence-electron chi connectivity index (χ0n) is 13.4. The molecule has 2 rings (SSSR count). The Kier molecular flexibility index (Phi) is 5.05. The monoisotopic (exact) mass is 319 g/mol. The Morgan fingerprint density at radius 1 is 1.23 bits per heavy atom. The Morgan fingerprint density at radius 3 is 2.36 bits per heavy atom. The minimum Gasteiger partial charge on any atom is -0.411 e. The first-order valence-corrected chi connectivity index (χ1v) is 7.87. The number of rotatable bonds is 4. The van der Waals surface area contributed by atoms with Gasteiger partial charge in [0.2, 0.25) is 0 Å². The van der Waals surface area contributed by atoms with Crippen molar-refractivity contribution in [1.29, 1.82) is 0 Å². The van der Waals surface area contributed by atoms with Crippen LogP contribution in [-0.4, -0.2) is 35.5 Å². The van der Waals surface area contributed by atoms with E-state index in [1.807, 2.05) is 58.0 Å². The largest absolute Gasteiger partial charge is 0.491 e. The molecule has 1 saturated heterocycles. The number of thiol groups is 1. The van der Waals surface area contributed by atoms with Crippen LogP contribution < -0.4 is 0 Å². The standard InChI is InChI=1S/C16H22BNO3S/c1-15(2)16(3,4)21-17(20-15)14(11-22)9-12-6-5-7-13(8-12)10-18-19/h5-10,19,22H,11H2,1-4H3. The lowest BCUT2D eigenvalue weighted by molar-refractivity contribution is 0.00578. The molecule has 1 aromatic carbocycles. The highest BCUT2D eigenvalue weighted by Gasteiger charge is 2.52. The van der Waals surface area contributed by atoms with E-state index in [2.05, 4.69) is 17.8 Å². The molecule has 0 aromatic heterocycles. The molecule has 0 unspecified atom stereocenters. The average molecular weight is 319 g/mol. The number of nitrogens with zero attached hydrogens (tertiary/aromatic N) is 1. The van der Waals surface area contributed by atoms with Gasteiger partial charge in [-0.1, -0.05) is 29.4 Å². The molecule has 0 bridgehead atoms. The maximum atomic E-state index is 8.63. The molecule has 1 aliphatic heterocycles. The summed E-state index contributed by atoms with van der Waals surface area (Å²) in [5, 5.41) is 11.7. The highest BCUT2D eigenvalue weighted by molar-refractivity contribution is 7.80. The zero-order valence-corrected chi connectivity index (χ0v) is 14.3. The highest BCUT2D eigenvalue weighted by atomic mass is 32.1. The van der Waals surface area contributed by atoms with Gasteiger partial charge < -0.3 is 14.5 Å². The molecule has 0 atom stereocenters. The minimum atomic E-state index is -0.405. The zero-order chi connectivity index (χ0) is 16.4. The molecule has 1 N–H and O–H groups in total. The number of hydrogen-bond acceptors (Lipinski definition) is 5. The van der Waals surface area contributed by atoms with Crippen LogP contribution in [-0.2, 0) is 9.31 Å². The second kappa shape index (κ2) is 6.48. The molecule has 1 aliphatic rings. The van der Waals surface area contributed by atoms with E-state index < -0.39 is 7.12 Å². The number of hydrogen-bond donors (Lipinski definition) is 2. The van der Waals surface area contributed by atoms with Gasteiger partial charge in [0.25, 0.3) is 0 Å². The van der Waals surface area contributed by atoms with Crippen LogP contribution in [0.2, 0.25) is 0 Å². The predicted molar refractivity (Wildman–Crippen MR) is 93.7 cm³/mol. The van der Waals surface area contributed by atoms with Crippen molar-refractivity contribution in [3.8, 4) is 0 Å². The van der Waals surface area contributed by atoms with Crippen LogP contribution in [0.15, 0.2) is 34.9 Å². The summed E-state index contributed by atoms with van der Waals surface area (Å²) >= 11 is 4.41. The smallest absolute Gasteiger partial charge is 0.411 e. The Labute approximate surface area is 137 Å². The fourth-order valence-electron chi connectivity index (χ4n) is 2.19. The van der Waals surface area contributed by atoms with Crippen molar-refractivity contribution < 1.29 is 14.5 Å².